The molecule has 1 atom stereocenters. The summed E-state index contributed by atoms with van der Waals surface area (Å²) in [4.78, 5) is 22.2. The van der Waals surface area contributed by atoms with Crippen molar-refractivity contribution in [2.24, 2.45) is 0 Å². The van der Waals surface area contributed by atoms with Crippen molar-refractivity contribution in [3.05, 3.63) is 12.4 Å². The van der Waals surface area contributed by atoms with Gasteiger partial charge >= 0.3 is 6.09 Å². The topological polar surface area (TPSA) is 73.8 Å². The Hall–Kier alpha value is -2.05. The highest BCUT2D eigenvalue weighted by molar-refractivity contribution is 5.68. The lowest BCUT2D eigenvalue weighted by Crippen LogP contribution is -2.48. The zero-order valence-corrected chi connectivity index (χ0v) is 14.9. The van der Waals surface area contributed by atoms with E-state index in [0.717, 1.165) is 19.3 Å². The van der Waals surface area contributed by atoms with Crippen LogP contribution in [0.5, 0.6) is 11.8 Å². The average molecular weight is 337 g/mol. The predicted molar refractivity (Wildman–Crippen MR) is 89.3 cm³/mol. The monoisotopic (exact) mass is 337 g/mol. The first-order valence-electron chi connectivity index (χ1n) is 8.46. The van der Waals surface area contributed by atoms with Gasteiger partial charge in [-0.05, 0) is 47.0 Å². The largest absolute Gasteiger partial charge is 0.478 e. The second-order valence-electron chi connectivity index (χ2n) is 6.76. The molecule has 0 radical (unpaired) electrons. The van der Waals surface area contributed by atoms with Crippen LogP contribution < -0.4 is 9.47 Å². The third kappa shape index (κ3) is 5.54. The number of hydrogen-bond donors (Lipinski definition) is 0. The van der Waals surface area contributed by atoms with Crippen molar-refractivity contribution in [2.75, 3.05) is 19.8 Å². The minimum Gasteiger partial charge on any atom is -0.478 e. The summed E-state index contributed by atoms with van der Waals surface area (Å²) >= 11 is 0. The van der Waals surface area contributed by atoms with Gasteiger partial charge in [-0.3, -0.25) is 0 Å². The van der Waals surface area contributed by atoms with Gasteiger partial charge in [0.15, 0.2) is 0 Å². The highest BCUT2D eigenvalue weighted by atomic mass is 16.6. The van der Waals surface area contributed by atoms with Crippen molar-refractivity contribution in [2.45, 2.75) is 58.6 Å². The first-order valence-corrected chi connectivity index (χ1v) is 8.46. The summed E-state index contributed by atoms with van der Waals surface area (Å²) in [6.07, 6.45) is 4.07. The van der Waals surface area contributed by atoms with Gasteiger partial charge in [0.2, 0.25) is 11.8 Å². The summed E-state index contributed by atoms with van der Waals surface area (Å²) in [6.45, 7) is 9.11. The number of ether oxygens (including phenoxy) is 3. The summed E-state index contributed by atoms with van der Waals surface area (Å²) in [6, 6.07) is 1.64. The molecule has 0 N–H and O–H groups in total. The fourth-order valence-corrected chi connectivity index (χ4v) is 2.54. The van der Waals surface area contributed by atoms with Crippen LogP contribution in [0.2, 0.25) is 0 Å². The predicted octanol–water partition coefficient (Wildman–Crippen LogP) is 3.04. The van der Waals surface area contributed by atoms with E-state index in [0.29, 0.717) is 31.5 Å². The van der Waals surface area contributed by atoms with Gasteiger partial charge in [-0.1, -0.05) is 0 Å². The molecule has 2 heterocycles. The summed E-state index contributed by atoms with van der Waals surface area (Å²) in [5, 5.41) is 0. The van der Waals surface area contributed by atoms with Gasteiger partial charge in [-0.2, -0.15) is 0 Å². The van der Waals surface area contributed by atoms with E-state index in [4.69, 9.17) is 14.2 Å². The molecule has 0 aromatic carbocycles. The molecule has 0 unspecified atom stereocenters. The maximum absolute atomic E-state index is 12.4. The molecule has 134 valence electrons. The Morgan fingerprint density at radius 1 is 1.25 bits per heavy atom. The second-order valence-corrected chi connectivity index (χ2v) is 6.76. The Labute approximate surface area is 143 Å². The Balaban J connectivity index is 1.96. The molecule has 1 aliphatic heterocycles. The summed E-state index contributed by atoms with van der Waals surface area (Å²) in [5.41, 5.74) is -0.501. The number of nitrogens with zero attached hydrogens (tertiary/aromatic N) is 3. The molecule has 7 nitrogen and oxygen atoms in total. The Bertz CT molecular complexity index is 545. The first-order chi connectivity index (χ1) is 11.4. The molecule has 1 aromatic heterocycles. The van der Waals surface area contributed by atoms with Gasteiger partial charge < -0.3 is 19.1 Å². The van der Waals surface area contributed by atoms with Crippen LogP contribution in [0.3, 0.4) is 0 Å². The van der Waals surface area contributed by atoms with Crippen molar-refractivity contribution in [3.8, 4) is 11.8 Å². The van der Waals surface area contributed by atoms with E-state index in [1.807, 2.05) is 27.7 Å². The quantitative estimate of drug-likeness (QED) is 0.822. The van der Waals surface area contributed by atoms with Crippen molar-refractivity contribution in [1.82, 2.24) is 14.9 Å². The molecular weight excluding hydrogens is 310 g/mol. The first kappa shape index (κ1) is 18.3. The van der Waals surface area contributed by atoms with Gasteiger partial charge in [0.25, 0.3) is 0 Å². The molecule has 1 aliphatic rings. The van der Waals surface area contributed by atoms with Gasteiger partial charge in [0.1, 0.15) is 18.5 Å². The van der Waals surface area contributed by atoms with E-state index in [2.05, 4.69) is 9.97 Å². The number of amides is 1. The fraction of sp³-hybridized carbons (Fsp3) is 0.706. The van der Waals surface area contributed by atoms with Crippen LogP contribution in [0, 0.1) is 0 Å². The SMILES string of the molecule is CCOc1cc(OC[C@@H]2CCCCN2C(=O)OC(C)(C)C)ncn1. The average Bonchev–Trinajstić information content (AvgIpc) is 2.52. The zero-order valence-electron chi connectivity index (χ0n) is 14.9. The standard InChI is InChI=1S/C17H27N3O4/c1-5-22-14-10-15(19-12-18-14)23-11-13-8-6-7-9-20(13)16(21)24-17(2,3)4/h10,12-13H,5-9,11H2,1-4H3/t13-/m0/s1. The van der Waals surface area contributed by atoms with Crippen LogP contribution in [-0.2, 0) is 4.74 Å². The Kier molecular flexibility index (Phi) is 6.23. The third-order valence-corrected chi connectivity index (χ3v) is 3.59. The van der Waals surface area contributed by atoms with Gasteiger partial charge in [0, 0.05) is 6.54 Å². The lowest BCUT2D eigenvalue weighted by Gasteiger charge is -2.36. The van der Waals surface area contributed by atoms with Crippen molar-refractivity contribution in [1.29, 1.82) is 0 Å². The smallest absolute Gasteiger partial charge is 0.410 e. The molecule has 0 aliphatic carbocycles. The van der Waals surface area contributed by atoms with E-state index < -0.39 is 5.60 Å². The van der Waals surface area contributed by atoms with Gasteiger partial charge in [-0.15, -0.1) is 0 Å². The number of likely N-dealkylation sites (tertiary alicyclic amines) is 1. The van der Waals surface area contributed by atoms with E-state index >= 15 is 0 Å². The number of carbonyl (C=O) groups is 1. The van der Waals surface area contributed by atoms with E-state index in [9.17, 15) is 4.79 Å². The zero-order chi connectivity index (χ0) is 17.6. The normalized spacial score (nSPS) is 18.2. The van der Waals surface area contributed by atoms with Gasteiger partial charge in [0.05, 0.1) is 18.7 Å². The van der Waals surface area contributed by atoms with E-state index in [1.165, 1.54) is 6.33 Å². The number of hydrogen-bond acceptors (Lipinski definition) is 6. The van der Waals surface area contributed by atoms with Crippen LogP contribution >= 0.6 is 0 Å². The number of rotatable bonds is 5. The molecule has 0 bridgehead atoms. The molecule has 1 saturated heterocycles. The van der Waals surface area contributed by atoms with Crippen LogP contribution in [0.4, 0.5) is 4.79 Å². The highest BCUT2D eigenvalue weighted by Gasteiger charge is 2.31. The maximum Gasteiger partial charge on any atom is 0.410 e. The third-order valence-electron chi connectivity index (χ3n) is 3.59. The number of piperidine rings is 1. The van der Waals surface area contributed by atoms with Crippen molar-refractivity contribution < 1.29 is 19.0 Å². The molecule has 0 spiro atoms. The molecule has 1 aromatic rings. The molecular formula is C17H27N3O4. The molecule has 1 fully saturated rings. The molecule has 2 rings (SSSR count). The minimum absolute atomic E-state index is 0.0147. The lowest BCUT2D eigenvalue weighted by atomic mass is 10.0. The molecule has 7 heteroatoms. The summed E-state index contributed by atoms with van der Waals surface area (Å²) in [7, 11) is 0. The van der Waals surface area contributed by atoms with Gasteiger partial charge in [-0.25, -0.2) is 14.8 Å². The Morgan fingerprint density at radius 3 is 2.62 bits per heavy atom. The second kappa shape index (κ2) is 8.17. The minimum atomic E-state index is -0.501. The number of carbonyl (C=O) groups excluding carboxylic acids is 1. The van der Waals surface area contributed by atoms with E-state index in [1.54, 1.807) is 11.0 Å². The van der Waals surface area contributed by atoms with Crippen LogP contribution in [0.1, 0.15) is 47.0 Å². The molecule has 24 heavy (non-hydrogen) atoms. The summed E-state index contributed by atoms with van der Waals surface area (Å²) in [5.74, 6) is 0.929. The molecule has 1 amide bonds. The van der Waals surface area contributed by atoms with E-state index in [-0.39, 0.29) is 12.1 Å². The highest BCUT2D eigenvalue weighted by Crippen LogP contribution is 2.22. The van der Waals surface area contributed by atoms with Crippen molar-refractivity contribution in [3.63, 3.8) is 0 Å². The fourth-order valence-electron chi connectivity index (χ4n) is 2.54. The number of aromatic nitrogens is 2. The summed E-state index contributed by atoms with van der Waals surface area (Å²) < 4.78 is 16.6. The Morgan fingerprint density at radius 2 is 1.96 bits per heavy atom. The maximum atomic E-state index is 12.4. The van der Waals surface area contributed by atoms with Crippen LogP contribution in [-0.4, -0.2) is 52.4 Å². The molecule has 0 saturated carbocycles. The van der Waals surface area contributed by atoms with Crippen LogP contribution in [0.25, 0.3) is 0 Å². The lowest BCUT2D eigenvalue weighted by molar-refractivity contribution is 0.00331. The van der Waals surface area contributed by atoms with Crippen LogP contribution in [0.15, 0.2) is 12.4 Å². The van der Waals surface area contributed by atoms with Crippen molar-refractivity contribution >= 4 is 6.09 Å².